The maximum absolute atomic E-state index is 13.2. The lowest BCUT2D eigenvalue weighted by Crippen LogP contribution is -2.21. The summed E-state index contributed by atoms with van der Waals surface area (Å²) >= 11 is 0. The molecule has 3 aromatic carbocycles. The summed E-state index contributed by atoms with van der Waals surface area (Å²) in [5, 5.41) is 20.4. The van der Waals surface area contributed by atoms with Crippen LogP contribution in [0.3, 0.4) is 0 Å². The highest BCUT2D eigenvalue weighted by Crippen LogP contribution is 2.46. The lowest BCUT2D eigenvalue weighted by Gasteiger charge is -2.29. The smallest absolute Gasteiger partial charge is 0.416 e. The third-order valence-corrected chi connectivity index (χ3v) is 4.77. The summed E-state index contributed by atoms with van der Waals surface area (Å²) in [4.78, 5) is 12.9. The van der Waals surface area contributed by atoms with Gasteiger partial charge in [0.1, 0.15) is 11.5 Å². The Morgan fingerprint density at radius 1 is 0.778 bits per heavy atom. The van der Waals surface area contributed by atoms with Gasteiger partial charge in [-0.2, -0.15) is 13.2 Å². The third-order valence-electron chi connectivity index (χ3n) is 4.77. The van der Waals surface area contributed by atoms with Gasteiger partial charge in [-0.3, -0.25) is 4.79 Å². The predicted octanol–water partition coefficient (Wildman–Crippen LogP) is 4.84. The first-order chi connectivity index (χ1) is 12.8. The van der Waals surface area contributed by atoms with E-state index in [1.165, 1.54) is 36.4 Å². The van der Waals surface area contributed by atoms with Crippen molar-refractivity contribution in [3.8, 4) is 11.5 Å². The number of halogens is 3. The molecule has 0 spiro atoms. The molecule has 0 heterocycles. The highest BCUT2D eigenvalue weighted by atomic mass is 19.4. The number of ketones is 1. The molecule has 136 valence electrons. The molecule has 0 atom stereocenters. The number of alkyl halides is 3. The van der Waals surface area contributed by atoms with Crippen LogP contribution in [0.2, 0.25) is 0 Å². The van der Waals surface area contributed by atoms with Crippen molar-refractivity contribution in [3.05, 3.63) is 94.0 Å². The molecule has 0 fully saturated rings. The van der Waals surface area contributed by atoms with Crippen molar-refractivity contribution in [2.45, 2.75) is 12.1 Å². The summed E-state index contributed by atoms with van der Waals surface area (Å²) in [7, 11) is 0. The molecule has 0 bridgehead atoms. The van der Waals surface area contributed by atoms with E-state index in [9.17, 15) is 28.2 Å². The van der Waals surface area contributed by atoms with Crippen molar-refractivity contribution < 1.29 is 28.2 Å². The van der Waals surface area contributed by atoms with E-state index in [0.29, 0.717) is 16.7 Å². The molecule has 0 amide bonds. The zero-order chi connectivity index (χ0) is 19.3. The van der Waals surface area contributed by atoms with Crippen molar-refractivity contribution in [2.75, 3.05) is 0 Å². The maximum atomic E-state index is 13.2. The quantitative estimate of drug-likeness (QED) is 0.504. The number of benzene rings is 3. The number of rotatable bonds is 1. The minimum atomic E-state index is -4.51. The zero-order valence-electron chi connectivity index (χ0n) is 13.8. The Morgan fingerprint density at radius 2 is 1.30 bits per heavy atom. The average Bonchev–Trinajstić information content (AvgIpc) is 2.61. The zero-order valence-corrected chi connectivity index (χ0v) is 13.8. The van der Waals surface area contributed by atoms with Gasteiger partial charge in [0.2, 0.25) is 5.78 Å². The second kappa shape index (κ2) is 5.87. The molecule has 0 radical (unpaired) electrons. The highest BCUT2D eigenvalue weighted by molar-refractivity contribution is 6.16. The van der Waals surface area contributed by atoms with Crippen LogP contribution in [0.1, 0.15) is 44.1 Å². The number of aromatic hydroxyl groups is 2. The normalized spacial score (nSPS) is 14.0. The van der Waals surface area contributed by atoms with Crippen molar-refractivity contribution in [2.24, 2.45) is 0 Å². The fourth-order valence-corrected chi connectivity index (χ4v) is 3.64. The first kappa shape index (κ1) is 17.1. The second-order valence-corrected chi connectivity index (χ2v) is 6.37. The number of hydrogen-bond donors (Lipinski definition) is 2. The lowest BCUT2D eigenvalue weighted by molar-refractivity contribution is -0.137. The van der Waals surface area contributed by atoms with Gasteiger partial charge in [-0.1, -0.05) is 42.5 Å². The van der Waals surface area contributed by atoms with Crippen LogP contribution in [0, 0.1) is 0 Å². The molecule has 3 aromatic rings. The molecule has 0 unspecified atom stereocenters. The Hall–Kier alpha value is -3.28. The van der Waals surface area contributed by atoms with Crippen LogP contribution in [0.15, 0.2) is 60.7 Å². The summed E-state index contributed by atoms with van der Waals surface area (Å²) in [5.74, 6) is -1.83. The van der Waals surface area contributed by atoms with Crippen LogP contribution >= 0.6 is 0 Å². The average molecular weight is 370 g/mol. The van der Waals surface area contributed by atoms with Gasteiger partial charge in [-0.25, -0.2) is 0 Å². The van der Waals surface area contributed by atoms with E-state index < -0.39 is 23.4 Å². The van der Waals surface area contributed by atoms with Crippen LogP contribution in [0.4, 0.5) is 13.2 Å². The molecule has 1 aliphatic carbocycles. The summed E-state index contributed by atoms with van der Waals surface area (Å²) in [6.45, 7) is 0. The standard InChI is InChI=1S/C21H13F3O3/c22-21(23,24)12-5-1-4-11(10-12)17-13-6-2-8-15(25)18(13)20(27)19-14(17)7-3-9-16(19)26/h1-10,17,25-26H. The molecule has 0 aliphatic heterocycles. The summed E-state index contributed by atoms with van der Waals surface area (Å²) < 4.78 is 39.5. The molecule has 1 aliphatic rings. The number of carbonyl (C=O) groups excluding carboxylic acids is 1. The number of phenolic OH excluding ortho intramolecular Hbond substituents is 2. The fourth-order valence-electron chi connectivity index (χ4n) is 3.64. The first-order valence-electron chi connectivity index (χ1n) is 8.14. The molecule has 3 nitrogen and oxygen atoms in total. The molecule has 27 heavy (non-hydrogen) atoms. The van der Waals surface area contributed by atoms with Crippen LogP contribution in [0.25, 0.3) is 0 Å². The molecule has 0 saturated heterocycles. The van der Waals surface area contributed by atoms with Crippen molar-refractivity contribution in [3.63, 3.8) is 0 Å². The van der Waals surface area contributed by atoms with E-state index in [1.54, 1.807) is 12.1 Å². The summed E-state index contributed by atoms with van der Waals surface area (Å²) in [6, 6.07) is 13.8. The molecule has 4 rings (SSSR count). The van der Waals surface area contributed by atoms with Crippen LogP contribution in [0.5, 0.6) is 11.5 Å². The molecule has 2 N–H and O–H groups in total. The van der Waals surface area contributed by atoms with Crippen molar-refractivity contribution in [1.29, 1.82) is 0 Å². The van der Waals surface area contributed by atoms with Crippen molar-refractivity contribution >= 4 is 5.78 Å². The summed E-state index contributed by atoms with van der Waals surface area (Å²) in [5.41, 5.74) is 0.300. The first-order valence-corrected chi connectivity index (χ1v) is 8.14. The Morgan fingerprint density at radius 3 is 1.81 bits per heavy atom. The minimum absolute atomic E-state index is 0.00564. The number of carbonyl (C=O) groups is 1. The van der Waals surface area contributed by atoms with Gasteiger partial charge in [-0.15, -0.1) is 0 Å². The predicted molar refractivity (Wildman–Crippen MR) is 92.0 cm³/mol. The van der Waals surface area contributed by atoms with E-state index >= 15 is 0 Å². The Labute approximate surface area is 152 Å². The topological polar surface area (TPSA) is 57.5 Å². The van der Waals surface area contributed by atoms with E-state index in [4.69, 9.17) is 0 Å². The number of phenols is 2. The number of fused-ring (bicyclic) bond motifs is 2. The monoisotopic (exact) mass is 370 g/mol. The van der Waals surface area contributed by atoms with E-state index in [0.717, 1.165) is 12.1 Å². The summed E-state index contributed by atoms with van der Waals surface area (Å²) in [6.07, 6.45) is -4.51. The van der Waals surface area contributed by atoms with Gasteiger partial charge in [0.15, 0.2) is 0 Å². The lowest BCUT2D eigenvalue weighted by atomic mass is 9.73. The second-order valence-electron chi connectivity index (χ2n) is 6.37. The molecule has 6 heteroatoms. The van der Waals surface area contributed by atoms with Gasteiger partial charge >= 0.3 is 6.18 Å². The fraction of sp³-hybridized carbons (Fsp3) is 0.0952. The van der Waals surface area contributed by atoms with E-state index in [-0.39, 0.29) is 22.6 Å². The van der Waals surface area contributed by atoms with Crippen molar-refractivity contribution in [1.82, 2.24) is 0 Å². The molecular weight excluding hydrogens is 357 g/mol. The van der Waals surface area contributed by atoms with Crippen LogP contribution < -0.4 is 0 Å². The van der Waals surface area contributed by atoms with Gasteiger partial charge in [0.25, 0.3) is 0 Å². The van der Waals surface area contributed by atoms with Crippen LogP contribution in [-0.2, 0) is 6.18 Å². The largest absolute Gasteiger partial charge is 0.507 e. The number of hydrogen-bond acceptors (Lipinski definition) is 3. The van der Waals surface area contributed by atoms with E-state index in [2.05, 4.69) is 0 Å². The van der Waals surface area contributed by atoms with E-state index in [1.807, 2.05) is 0 Å². The van der Waals surface area contributed by atoms with Gasteiger partial charge in [0.05, 0.1) is 16.7 Å². The van der Waals surface area contributed by atoms with Gasteiger partial charge in [0, 0.05) is 5.92 Å². The molecule has 0 saturated carbocycles. The van der Waals surface area contributed by atoms with Gasteiger partial charge < -0.3 is 10.2 Å². The molecular formula is C21H13F3O3. The SMILES string of the molecule is O=C1c2c(O)cccc2C(c2cccc(C(F)(F)F)c2)c2cccc(O)c21. The highest BCUT2D eigenvalue weighted by Gasteiger charge is 2.37. The Balaban J connectivity index is 2.03. The van der Waals surface area contributed by atoms with Crippen LogP contribution in [-0.4, -0.2) is 16.0 Å². The Kier molecular flexibility index (Phi) is 3.73. The molecule has 0 aromatic heterocycles. The van der Waals surface area contributed by atoms with Gasteiger partial charge in [-0.05, 0) is 34.9 Å². The Bertz CT molecular complexity index is 1020. The maximum Gasteiger partial charge on any atom is 0.416 e. The third kappa shape index (κ3) is 2.65. The minimum Gasteiger partial charge on any atom is -0.507 e.